The zero-order chi connectivity index (χ0) is 9.80. The average molecular weight is 200 g/mol. The van der Waals surface area contributed by atoms with Crippen molar-refractivity contribution >= 4 is 25.7 Å². The Kier molecular flexibility index (Phi) is 2.96. The lowest BCUT2D eigenvalue weighted by molar-refractivity contribution is 0.367. The van der Waals surface area contributed by atoms with Gasteiger partial charge in [-0.2, -0.15) is 0 Å². The fraction of sp³-hybridized carbons (Fsp3) is 0.167. The predicted molar refractivity (Wildman–Crippen MR) is 61.0 cm³/mol. The first-order valence-electron chi connectivity index (χ1n) is 4.77. The van der Waals surface area contributed by atoms with E-state index in [-0.39, 0.29) is 0 Å². The van der Waals surface area contributed by atoms with Crippen molar-refractivity contribution in [2.45, 2.75) is 6.92 Å². The van der Waals surface area contributed by atoms with Crippen molar-refractivity contribution in [3.8, 4) is 0 Å². The van der Waals surface area contributed by atoms with Gasteiger partial charge in [-0.15, -0.1) is 0 Å². The highest BCUT2D eigenvalue weighted by Crippen LogP contribution is 2.10. The molecule has 0 aliphatic heterocycles. The summed E-state index contributed by atoms with van der Waals surface area (Å²) < 4.78 is 5.40. The first-order chi connectivity index (χ1) is 6.90. The van der Waals surface area contributed by atoms with Crippen LogP contribution in [-0.2, 0) is 4.43 Å². The van der Waals surface area contributed by atoms with Crippen molar-refractivity contribution in [2.75, 3.05) is 6.61 Å². The fourth-order valence-corrected chi connectivity index (χ4v) is 2.09. The zero-order valence-electron chi connectivity index (χ0n) is 8.16. The summed E-state index contributed by atoms with van der Waals surface area (Å²) in [6.07, 6.45) is 0. The van der Waals surface area contributed by atoms with Crippen molar-refractivity contribution in [3.05, 3.63) is 42.5 Å². The van der Waals surface area contributed by atoms with Gasteiger partial charge in [-0.1, -0.05) is 42.5 Å². The maximum Gasteiger partial charge on any atom is 0.268 e. The Labute approximate surface area is 86.7 Å². The molecule has 0 atom stereocenters. The van der Waals surface area contributed by atoms with Crippen molar-refractivity contribution in [3.63, 3.8) is 0 Å². The number of hydrogen-bond acceptors (Lipinski definition) is 1. The maximum atomic E-state index is 5.40. The van der Waals surface area contributed by atoms with Crippen LogP contribution in [0.1, 0.15) is 6.92 Å². The van der Waals surface area contributed by atoms with E-state index in [1.54, 1.807) is 0 Å². The summed E-state index contributed by atoms with van der Waals surface area (Å²) in [5, 5.41) is 3.85. The molecular formula is C12H12OSi. The molecule has 0 aliphatic rings. The second kappa shape index (κ2) is 4.40. The third kappa shape index (κ3) is 2.03. The first-order valence-corrected chi connectivity index (χ1v) is 5.67. The summed E-state index contributed by atoms with van der Waals surface area (Å²) in [6, 6.07) is 14.9. The van der Waals surface area contributed by atoms with Crippen LogP contribution in [0.3, 0.4) is 0 Å². The summed E-state index contributed by atoms with van der Waals surface area (Å²) in [7, 11) is 0.468. The Morgan fingerprint density at radius 2 is 1.86 bits per heavy atom. The molecule has 0 heterocycles. The molecule has 1 nitrogen and oxygen atoms in total. The second-order valence-electron chi connectivity index (χ2n) is 3.10. The smallest absolute Gasteiger partial charge is 0.268 e. The Morgan fingerprint density at radius 1 is 1.07 bits per heavy atom. The van der Waals surface area contributed by atoms with Crippen LogP contribution in [0.5, 0.6) is 0 Å². The van der Waals surface area contributed by atoms with E-state index in [1.807, 2.05) is 6.92 Å². The van der Waals surface area contributed by atoms with E-state index in [0.717, 1.165) is 6.61 Å². The van der Waals surface area contributed by atoms with Crippen LogP contribution >= 0.6 is 0 Å². The molecule has 2 radical (unpaired) electrons. The monoisotopic (exact) mass is 200 g/mol. The summed E-state index contributed by atoms with van der Waals surface area (Å²) in [5.41, 5.74) is 0. The molecule has 0 saturated heterocycles. The van der Waals surface area contributed by atoms with Gasteiger partial charge in [0.2, 0.25) is 0 Å². The summed E-state index contributed by atoms with van der Waals surface area (Å²) in [6.45, 7) is 2.80. The molecule has 0 fully saturated rings. The molecule has 2 heteroatoms. The molecule has 0 amide bonds. The van der Waals surface area contributed by atoms with E-state index in [0.29, 0.717) is 9.76 Å². The molecule has 0 aliphatic carbocycles. The quantitative estimate of drug-likeness (QED) is 0.690. The highest BCUT2D eigenvalue weighted by atomic mass is 28.2. The fourth-order valence-electron chi connectivity index (χ4n) is 1.41. The van der Waals surface area contributed by atoms with E-state index in [1.165, 1.54) is 16.0 Å². The number of fused-ring (bicyclic) bond motifs is 1. The van der Waals surface area contributed by atoms with Gasteiger partial charge in [-0.25, -0.2) is 0 Å². The molecule has 0 bridgehead atoms. The Bertz CT molecular complexity index is 425. The Hall–Kier alpha value is -1.12. The number of rotatable bonds is 3. The molecule has 0 N–H and O–H groups in total. The van der Waals surface area contributed by atoms with Gasteiger partial charge in [0, 0.05) is 6.61 Å². The molecule has 0 spiro atoms. The minimum absolute atomic E-state index is 0.468. The molecule has 2 aromatic carbocycles. The van der Waals surface area contributed by atoms with E-state index in [4.69, 9.17) is 4.43 Å². The highest BCUT2D eigenvalue weighted by Gasteiger charge is 1.97. The molecule has 2 aromatic rings. The van der Waals surface area contributed by atoms with E-state index >= 15 is 0 Å². The molecule has 70 valence electrons. The summed E-state index contributed by atoms with van der Waals surface area (Å²) in [5.74, 6) is 0. The Morgan fingerprint density at radius 3 is 2.64 bits per heavy atom. The highest BCUT2D eigenvalue weighted by molar-refractivity contribution is 6.47. The molecule has 2 rings (SSSR count). The van der Waals surface area contributed by atoms with Gasteiger partial charge < -0.3 is 4.43 Å². The van der Waals surface area contributed by atoms with Crippen LogP contribution in [0.15, 0.2) is 42.5 Å². The van der Waals surface area contributed by atoms with Gasteiger partial charge in [-0.05, 0) is 22.9 Å². The van der Waals surface area contributed by atoms with Crippen molar-refractivity contribution in [1.29, 1.82) is 0 Å². The largest absolute Gasteiger partial charge is 0.412 e. The lowest BCUT2D eigenvalue weighted by Crippen LogP contribution is -2.16. The topological polar surface area (TPSA) is 9.23 Å². The van der Waals surface area contributed by atoms with Gasteiger partial charge in [0.25, 0.3) is 9.76 Å². The van der Waals surface area contributed by atoms with Crippen LogP contribution < -0.4 is 5.19 Å². The maximum absolute atomic E-state index is 5.40. The van der Waals surface area contributed by atoms with Crippen molar-refractivity contribution in [1.82, 2.24) is 0 Å². The van der Waals surface area contributed by atoms with Gasteiger partial charge in [0.15, 0.2) is 0 Å². The third-order valence-electron chi connectivity index (χ3n) is 2.08. The number of benzene rings is 2. The molecule has 0 unspecified atom stereocenters. The minimum Gasteiger partial charge on any atom is -0.412 e. The summed E-state index contributed by atoms with van der Waals surface area (Å²) in [4.78, 5) is 0. The van der Waals surface area contributed by atoms with Crippen LogP contribution in [0.25, 0.3) is 10.8 Å². The third-order valence-corrected chi connectivity index (χ3v) is 3.06. The van der Waals surface area contributed by atoms with Crippen LogP contribution in [-0.4, -0.2) is 16.4 Å². The predicted octanol–water partition coefficient (Wildman–Crippen LogP) is 2.12. The molecule has 14 heavy (non-hydrogen) atoms. The van der Waals surface area contributed by atoms with Crippen LogP contribution in [0, 0.1) is 0 Å². The molecular weight excluding hydrogens is 188 g/mol. The SMILES string of the molecule is CCO[Si]c1ccc2ccccc2c1. The average Bonchev–Trinajstić information content (AvgIpc) is 2.26. The number of hydrogen-bond donors (Lipinski definition) is 0. The van der Waals surface area contributed by atoms with Crippen molar-refractivity contribution < 1.29 is 4.43 Å². The Balaban J connectivity index is 2.32. The molecule has 0 aromatic heterocycles. The lowest BCUT2D eigenvalue weighted by Gasteiger charge is -2.01. The van der Waals surface area contributed by atoms with Gasteiger partial charge in [-0.3, -0.25) is 0 Å². The summed E-state index contributed by atoms with van der Waals surface area (Å²) >= 11 is 0. The molecule has 0 saturated carbocycles. The van der Waals surface area contributed by atoms with E-state index in [2.05, 4.69) is 42.5 Å². The van der Waals surface area contributed by atoms with Crippen LogP contribution in [0.2, 0.25) is 0 Å². The zero-order valence-corrected chi connectivity index (χ0v) is 9.16. The first kappa shape index (κ1) is 9.43. The van der Waals surface area contributed by atoms with Crippen LogP contribution in [0.4, 0.5) is 0 Å². The normalized spacial score (nSPS) is 10.6. The van der Waals surface area contributed by atoms with E-state index < -0.39 is 0 Å². The second-order valence-corrected chi connectivity index (χ2v) is 4.17. The van der Waals surface area contributed by atoms with Gasteiger partial charge in [0.05, 0.1) is 0 Å². The van der Waals surface area contributed by atoms with E-state index in [9.17, 15) is 0 Å². The van der Waals surface area contributed by atoms with Crippen molar-refractivity contribution in [2.24, 2.45) is 0 Å². The standard InChI is InChI=1S/C12H12OSi/c1-2-13-14-12-8-7-10-5-3-4-6-11(10)9-12/h3-9H,2H2,1H3. The minimum atomic E-state index is 0.468. The lowest BCUT2D eigenvalue weighted by atomic mass is 10.1. The van der Waals surface area contributed by atoms with Gasteiger partial charge >= 0.3 is 0 Å². The van der Waals surface area contributed by atoms with Gasteiger partial charge in [0.1, 0.15) is 0 Å².